The molecule has 0 aliphatic carbocycles. The Labute approximate surface area is 108 Å². The number of thiol groups is 1. The minimum atomic E-state index is -0.0790. The molecule has 17 heavy (non-hydrogen) atoms. The summed E-state index contributed by atoms with van der Waals surface area (Å²) >= 11 is 4.20. The summed E-state index contributed by atoms with van der Waals surface area (Å²) in [5, 5.41) is 6.40. The van der Waals surface area contributed by atoms with Crippen LogP contribution in [0, 0.1) is 0 Å². The zero-order valence-corrected chi connectivity index (χ0v) is 12.0. The van der Waals surface area contributed by atoms with Crippen molar-refractivity contribution in [2.24, 2.45) is 0 Å². The maximum atomic E-state index is 4.33. The number of nitrogens with zero attached hydrogens (tertiary/aromatic N) is 3. The lowest BCUT2D eigenvalue weighted by Gasteiger charge is -2.21. The molecule has 1 heterocycles. The van der Waals surface area contributed by atoms with Crippen LogP contribution in [0.1, 0.15) is 40.4 Å². The van der Waals surface area contributed by atoms with Gasteiger partial charge in [0.15, 0.2) is 0 Å². The predicted molar refractivity (Wildman–Crippen MR) is 74.7 cm³/mol. The molecular weight excluding hydrogens is 234 g/mol. The third-order valence-electron chi connectivity index (χ3n) is 1.73. The molecule has 1 rings (SSSR count). The molecule has 6 heteroatoms. The molecule has 0 saturated carbocycles. The first-order valence-corrected chi connectivity index (χ1v) is 6.34. The van der Waals surface area contributed by atoms with Crippen LogP contribution >= 0.6 is 12.6 Å². The fourth-order valence-electron chi connectivity index (χ4n) is 1.20. The summed E-state index contributed by atoms with van der Waals surface area (Å²) < 4.78 is 0. The molecule has 0 saturated heterocycles. The Morgan fingerprint density at radius 2 is 1.71 bits per heavy atom. The second-order valence-electron chi connectivity index (χ2n) is 5.23. The van der Waals surface area contributed by atoms with E-state index in [-0.39, 0.29) is 11.6 Å². The fourth-order valence-corrected chi connectivity index (χ4v) is 1.35. The third-order valence-corrected chi connectivity index (χ3v) is 2.01. The van der Waals surface area contributed by atoms with Crippen molar-refractivity contribution in [3.8, 4) is 0 Å². The lowest BCUT2D eigenvalue weighted by atomic mass is 10.1. The van der Waals surface area contributed by atoms with Crippen molar-refractivity contribution in [1.29, 1.82) is 0 Å². The molecule has 0 aliphatic rings. The summed E-state index contributed by atoms with van der Waals surface area (Å²) in [5.41, 5.74) is -0.0790. The van der Waals surface area contributed by atoms with E-state index in [0.29, 0.717) is 23.5 Å². The summed E-state index contributed by atoms with van der Waals surface area (Å²) in [5.74, 6) is 2.33. The molecule has 0 aromatic carbocycles. The van der Waals surface area contributed by atoms with Gasteiger partial charge in [-0.3, -0.25) is 0 Å². The van der Waals surface area contributed by atoms with Crippen LogP contribution < -0.4 is 10.6 Å². The first-order valence-electron chi connectivity index (χ1n) is 5.70. The smallest absolute Gasteiger partial charge is 0.228 e. The molecule has 0 unspecified atom stereocenters. The summed E-state index contributed by atoms with van der Waals surface area (Å²) in [6, 6.07) is 0.285. The topological polar surface area (TPSA) is 62.7 Å². The zero-order valence-electron chi connectivity index (χ0n) is 11.1. The Balaban J connectivity index is 2.97. The van der Waals surface area contributed by atoms with E-state index in [2.05, 4.69) is 59.0 Å². The van der Waals surface area contributed by atoms with Crippen LogP contribution in [0.25, 0.3) is 0 Å². The summed E-state index contributed by atoms with van der Waals surface area (Å²) in [7, 11) is 0. The molecule has 0 amide bonds. The minimum absolute atomic E-state index is 0.0790. The molecule has 0 bridgehead atoms. The van der Waals surface area contributed by atoms with Crippen LogP contribution in [-0.2, 0) is 5.75 Å². The normalized spacial score (nSPS) is 11.7. The minimum Gasteiger partial charge on any atom is -0.352 e. The van der Waals surface area contributed by atoms with Crippen LogP contribution in [0.15, 0.2) is 0 Å². The molecule has 2 N–H and O–H groups in total. The average molecular weight is 255 g/mol. The third kappa shape index (κ3) is 5.21. The summed E-state index contributed by atoms with van der Waals surface area (Å²) in [4.78, 5) is 12.9. The van der Waals surface area contributed by atoms with Crippen molar-refractivity contribution < 1.29 is 0 Å². The highest BCUT2D eigenvalue weighted by Gasteiger charge is 2.13. The van der Waals surface area contributed by atoms with Gasteiger partial charge in [-0.2, -0.15) is 27.6 Å². The van der Waals surface area contributed by atoms with Crippen molar-refractivity contribution in [2.45, 2.75) is 52.0 Å². The Morgan fingerprint density at radius 3 is 2.18 bits per heavy atom. The van der Waals surface area contributed by atoms with E-state index in [1.54, 1.807) is 0 Å². The zero-order chi connectivity index (χ0) is 13.1. The van der Waals surface area contributed by atoms with Gasteiger partial charge in [-0.05, 0) is 34.6 Å². The van der Waals surface area contributed by atoms with Gasteiger partial charge in [0.1, 0.15) is 5.82 Å². The van der Waals surface area contributed by atoms with Gasteiger partial charge in [0.05, 0.1) is 5.75 Å². The van der Waals surface area contributed by atoms with Crippen molar-refractivity contribution >= 4 is 24.5 Å². The highest BCUT2D eigenvalue weighted by atomic mass is 32.1. The summed E-state index contributed by atoms with van der Waals surface area (Å²) in [6.07, 6.45) is 0. The van der Waals surface area contributed by atoms with Gasteiger partial charge < -0.3 is 10.6 Å². The van der Waals surface area contributed by atoms with Crippen molar-refractivity contribution in [3.05, 3.63) is 5.82 Å². The van der Waals surface area contributed by atoms with E-state index in [1.807, 2.05) is 13.8 Å². The van der Waals surface area contributed by atoms with Gasteiger partial charge in [-0.15, -0.1) is 0 Å². The Bertz CT molecular complexity index is 373. The fraction of sp³-hybridized carbons (Fsp3) is 0.727. The number of anilines is 2. The molecule has 1 aromatic rings. The van der Waals surface area contributed by atoms with Gasteiger partial charge in [0.25, 0.3) is 0 Å². The largest absolute Gasteiger partial charge is 0.352 e. The lowest BCUT2D eigenvalue weighted by Crippen LogP contribution is -2.28. The van der Waals surface area contributed by atoms with Gasteiger partial charge in [0, 0.05) is 11.6 Å². The highest BCUT2D eigenvalue weighted by molar-refractivity contribution is 7.79. The van der Waals surface area contributed by atoms with Crippen LogP contribution in [-0.4, -0.2) is 26.5 Å². The van der Waals surface area contributed by atoms with Gasteiger partial charge in [-0.1, -0.05) is 0 Å². The monoisotopic (exact) mass is 255 g/mol. The van der Waals surface area contributed by atoms with Crippen LogP contribution in [0.3, 0.4) is 0 Å². The number of rotatable bonds is 4. The first-order chi connectivity index (χ1) is 7.80. The highest BCUT2D eigenvalue weighted by Crippen LogP contribution is 2.13. The van der Waals surface area contributed by atoms with E-state index >= 15 is 0 Å². The van der Waals surface area contributed by atoms with Gasteiger partial charge in [-0.25, -0.2) is 0 Å². The molecule has 1 aromatic heterocycles. The van der Waals surface area contributed by atoms with E-state index in [9.17, 15) is 0 Å². The SMILES string of the molecule is CC(C)Nc1nc(CS)nc(NC(C)(C)C)n1. The number of aromatic nitrogens is 3. The van der Waals surface area contributed by atoms with E-state index in [4.69, 9.17) is 0 Å². The number of hydrogen-bond donors (Lipinski definition) is 3. The predicted octanol–water partition coefficient (Wildman–Crippen LogP) is 2.33. The van der Waals surface area contributed by atoms with E-state index in [1.165, 1.54) is 0 Å². The van der Waals surface area contributed by atoms with Crippen LogP contribution in [0.4, 0.5) is 11.9 Å². The second-order valence-corrected chi connectivity index (χ2v) is 5.55. The van der Waals surface area contributed by atoms with E-state index in [0.717, 1.165) is 0 Å². The Morgan fingerprint density at radius 1 is 1.12 bits per heavy atom. The second kappa shape index (κ2) is 5.53. The molecule has 0 spiro atoms. The molecule has 0 fully saturated rings. The Kier molecular flexibility index (Phi) is 4.56. The van der Waals surface area contributed by atoms with Crippen molar-refractivity contribution in [1.82, 2.24) is 15.0 Å². The van der Waals surface area contributed by atoms with Crippen molar-refractivity contribution in [3.63, 3.8) is 0 Å². The van der Waals surface area contributed by atoms with Gasteiger partial charge in [0.2, 0.25) is 11.9 Å². The average Bonchev–Trinajstić information content (AvgIpc) is 2.13. The standard InChI is InChI=1S/C11H21N5S/c1-7(2)12-9-13-8(6-17)14-10(15-9)16-11(3,4)5/h7,17H,6H2,1-5H3,(H2,12,13,14,15,16). The van der Waals surface area contributed by atoms with Gasteiger partial charge >= 0.3 is 0 Å². The lowest BCUT2D eigenvalue weighted by molar-refractivity contribution is 0.624. The van der Waals surface area contributed by atoms with E-state index < -0.39 is 0 Å². The summed E-state index contributed by atoms with van der Waals surface area (Å²) in [6.45, 7) is 10.3. The molecule has 0 radical (unpaired) electrons. The first kappa shape index (κ1) is 14.0. The van der Waals surface area contributed by atoms with Crippen molar-refractivity contribution in [2.75, 3.05) is 10.6 Å². The maximum absolute atomic E-state index is 4.33. The molecule has 96 valence electrons. The quantitative estimate of drug-likeness (QED) is 0.721. The number of hydrogen-bond acceptors (Lipinski definition) is 6. The molecular formula is C11H21N5S. The molecule has 0 aliphatic heterocycles. The van der Waals surface area contributed by atoms with Crippen LogP contribution in [0.5, 0.6) is 0 Å². The Hall–Kier alpha value is -1.04. The maximum Gasteiger partial charge on any atom is 0.228 e. The molecule has 5 nitrogen and oxygen atoms in total. The number of nitrogens with one attached hydrogen (secondary N) is 2. The van der Waals surface area contributed by atoms with Crippen LogP contribution in [0.2, 0.25) is 0 Å². The molecule has 0 atom stereocenters.